The van der Waals surface area contributed by atoms with Crippen LogP contribution in [0, 0.1) is 0 Å². The van der Waals surface area contributed by atoms with Crippen molar-refractivity contribution in [2.75, 3.05) is 19.8 Å². The number of carbonyl (C=O) groups is 3. The Morgan fingerprint density at radius 2 is 1.28 bits per heavy atom. The number of esters is 1. The van der Waals surface area contributed by atoms with Crippen LogP contribution in [0.4, 0.5) is 0 Å². The van der Waals surface area contributed by atoms with Gasteiger partial charge in [0, 0.05) is 13.3 Å². The smallest absolute Gasteiger partial charge is 0.472 e. The van der Waals surface area contributed by atoms with E-state index in [4.69, 9.17) is 0 Å². The van der Waals surface area contributed by atoms with Crippen molar-refractivity contribution in [3.05, 3.63) is 0 Å². The second-order valence-electron chi connectivity index (χ2n) is 8.97. The Morgan fingerprint density at radius 3 is 1.75 bits per heavy atom. The first-order valence-corrected chi connectivity index (χ1v) is 14.5. The zero-order chi connectivity index (χ0) is 27.2. The molecule has 0 aromatic rings. The molecule has 36 heavy (non-hydrogen) atoms. The molecule has 0 spiro atoms. The number of hydrogen-bond acceptors (Lipinski definition) is 8. The fourth-order valence-electron chi connectivity index (χ4n) is 3.39. The van der Waals surface area contributed by atoms with Gasteiger partial charge in [-0.3, -0.25) is 18.6 Å². The Hall–Kier alpha value is -1.52. The number of aliphatic hydroxyl groups excluding tert-OH is 1. The summed E-state index contributed by atoms with van der Waals surface area (Å²) in [4.78, 5) is 43.7. The highest BCUT2D eigenvalue weighted by atomic mass is 31.2. The van der Waals surface area contributed by atoms with E-state index in [1.54, 1.807) is 0 Å². The first-order chi connectivity index (χ1) is 17.1. The summed E-state index contributed by atoms with van der Waals surface area (Å²) in [5.74, 6) is -2.56. The molecular weight excluding hydrogens is 493 g/mol. The summed E-state index contributed by atoms with van der Waals surface area (Å²) in [6.07, 6.45) is 14.0. The van der Waals surface area contributed by atoms with Crippen LogP contribution >= 0.6 is 7.82 Å². The summed E-state index contributed by atoms with van der Waals surface area (Å²) < 4.78 is 25.6. The van der Waals surface area contributed by atoms with Crippen molar-refractivity contribution >= 4 is 25.7 Å². The predicted molar refractivity (Wildman–Crippen MR) is 134 cm³/mol. The van der Waals surface area contributed by atoms with E-state index in [-0.39, 0.29) is 6.42 Å². The highest BCUT2D eigenvalue weighted by Crippen LogP contribution is 2.43. The van der Waals surface area contributed by atoms with Gasteiger partial charge in [0.05, 0.1) is 13.2 Å². The number of carbonyl (C=O) groups excluding carboxylic acids is 2. The average Bonchev–Trinajstić information content (AvgIpc) is 2.81. The van der Waals surface area contributed by atoms with Crippen LogP contribution in [-0.2, 0) is 32.7 Å². The van der Waals surface area contributed by atoms with Crippen molar-refractivity contribution in [2.24, 2.45) is 0 Å². The van der Waals surface area contributed by atoms with Gasteiger partial charge in [0.1, 0.15) is 12.7 Å². The molecule has 4 N–H and O–H groups in total. The lowest BCUT2D eigenvalue weighted by Gasteiger charge is -2.18. The second-order valence-corrected chi connectivity index (χ2v) is 10.4. The van der Waals surface area contributed by atoms with Gasteiger partial charge >= 0.3 is 19.8 Å². The highest BCUT2D eigenvalue weighted by Gasteiger charge is 2.28. The maximum atomic E-state index is 12.1. The number of carboxylic acid groups (broad SMARTS) is 1. The number of unbranched alkanes of at least 4 members (excludes halogenated alkanes) is 12. The summed E-state index contributed by atoms with van der Waals surface area (Å²) >= 11 is 0. The van der Waals surface area contributed by atoms with Crippen LogP contribution in [0.3, 0.4) is 0 Å². The molecule has 0 aliphatic heterocycles. The molecule has 0 aromatic heterocycles. The number of phosphoric acid groups is 1. The summed E-state index contributed by atoms with van der Waals surface area (Å²) in [6, 6.07) is -1.53. The zero-order valence-corrected chi connectivity index (χ0v) is 22.7. The van der Waals surface area contributed by atoms with Crippen molar-refractivity contribution in [1.29, 1.82) is 0 Å². The fourth-order valence-corrected chi connectivity index (χ4v) is 4.16. The first kappa shape index (κ1) is 34.5. The minimum atomic E-state index is -4.70. The Kier molecular flexibility index (Phi) is 20.6. The third-order valence-corrected chi connectivity index (χ3v) is 6.40. The molecule has 0 rings (SSSR count). The van der Waals surface area contributed by atoms with Gasteiger partial charge in [-0.05, 0) is 6.42 Å². The van der Waals surface area contributed by atoms with Gasteiger partial charge in [-0.2, -0.15) is 0 Å². The van der Waals surface area contributed by atoms with E-state index in [9.17, 15) is 34.1 Å². The lowest BCUT2D eigenvalue weighted by atomic mass is 10.0. The largest absolute Gasteiger partial charge is 0.480 e. The number of amides is 1. The summed E-state index contributed by atoms with van der Waals surface area (Å²) in [5, 5.41) is 21.0. The standard InChI is InChI=1S/C24H46NO10P/c1-3-4-5-6-7-8-9-10-11-12-13-14-15-16-23(28)25-22(24(29)30)19-35-36(31,32)34-18-21(27)17-33-20(2)26/h21-22,27H,3-19H2,1-2H3,(H,25,28)(H,29,30)(H,31,32). The molecule has 0 aromatic carbocycles. The van der Waals surface area contributed by atoms with Crippen molar-refractivity contribution in [2.45, 2.75) is 116 Å². The monoisotopic (exact) mass is 539 g/mol. The van der Waals surface area contributed by atoms with Crippen LogP contribution < -0.4 is 5.32 Å². The molecule has 0 saturated carbocycles. The lowest BCUT2D eigenvalue weighted by Crippen LogP contribution is -2.43. The van der Waals surface area contributed by atoms with E-state index in [1.165, 1.54) is 57.8 Å². The van der Waals surface area contributed by atoms with Gasteiger partial charge in [-0.15, -0.1) is 0 Å². The second kappa shape index (κ2) is 21.6. The van der Waals surface area contributed by atoms with E-state index >= 15 is 0 Å². The molecule has 0 heterocycles. The van der Waals surface area contributed by atoms with Crippen LogP contribution in [0.1, 0.15) is 104 Å². The quantitative estimate of drug-likeness (QED) is 0.0796. The molecule has 12 heteroatoms. The van der Waals surface area contributed by atoms with Gasteiger partial charge in [0.15, 0.2) is 6.04 Å². The number of ether oxygens (including phenoxy) is 1. The predicted octanol–water partition coefficient (Wildman–Crippen LogP) is 4.09. The molecular formula is C24H46NO10P. The Balaban J connectivity index is 3.96. The van der Waals surface area contributed by atoms with E-state index in [0.29, 0.717) is 6.42 Å². The minimum Gasteiger partial charge on any atom is -0.480 e. The number of aliphatic hydroxyl groups is 1. The van der Waals surface area contributed by atoms with Crippen LogP contribution in [0.5, 0.6) is 0 Å². The Morgan fingerprint density at radius 1 is 0.806 bits per heavy atom. The maximum absolute atomic E-state index is 12.1. The number of aliphatic carboxylic acids is 1. The van der Waals surface area contributed by atoms with Crippen LogP contribution in [-0.4, -0.2) is 64.9 Å². The maximum Gasteiger partial charge on any atom is 0.472 e. The van der Waals surface area contributed by atoms with Gasteiger partial charge in [0.2, 0.25) is 5.91 Å². The molecule has 0 aliphatic rings. The van der Waals surface area contributed by atoms with Crippen LogP contribution in [0.2, 0.25) is 0 Å². The van der Waals surface area contributed by atoms with E-state index in [2.05, 4.69) is 26.0 Å². The van der Waals surface area contributed by atoms with Crippen LogP contribution in [0.15, 0.2) is 0 Å². The normalized spacial score (nSPS) is 14.6. The van der Waals surface area contributed by atoms with Crippen molar-refractivity contribution in [3.63, 3.8) is 0 Å². The van der Waals surface area contributed by atoms with Gasteiger partial charge < -0.3 is 25.2 Å². The molecule has 0 fully saturated rings. The number of carboxylic acids is 1. The first-order valence-electron chi connectivity index (χ1n) is 13.0. The van der Waals surface area contributed by atoms with E-state index in [0.717, 1.165) is 26.2 Å². The molecule has 0 aliphatic carbocycles. The van der Waals surface area contributed by atoms with Crippen molar-refractivity contribution in [3.8, 4) is 0 Å². The molecule has 3 unspecified atom stereocenters. The zero-order valence-electron chi connectivity index (χ0n) is 21.8. The number of nitrogens with one attached hydrogen (secondary N) is 1. The molecule has 0 radical (unpaired) electrons. The minimum absolute atomic E-state index is 0.150. The molecule has 212 valence electrons. The van der Waals surface area contributed by atoms with Gasteiger partial charge in [-0.25, -0.2) is 9.36 Å². The fraction of sp³-hybridized carbons (Fsp3) is 0.875. The van der Waals surface area contributed by atoms with Crippen LogP contribution in [0.25, 0.3) is 0 Å². The Bertz CT molecular complexity index is 661. The Labute approximate surface area is 214 Å². The molecule has 0 saturated heterocycles. The highest BCUT2D eigenvalue weighted by molar-refractivity contribution is 7.47. The molecule has 1 amide bonds. The van der Waals surface area contributed by atoms with E-state index < -0.39 is 57.6 Å². The van der Waals surface area contributed by atoms with Crippen molar-refractivity contribution in [1.82, 2.24) is 5.32 Å². The lowest BCUT2D eigenvalue weighted by molar-refractivity contribution is -0.144. The van der Waals surface area contributed by atoms with Gasteiger partial charge in [0.25, 0.3) is 0 Å². The molecule has 0 bridgehead atoms. The summed E-state index contributed by atoms with van der Waals surface area (Å²) in [7, 11) is -4.70. The SMILES string of the molecule is CCCCCCCCCCCCCCCC(=O)NC(COP(=O)(O)OCC(O)COC(C)=O)C(=O)O. The third kappa shape index (κ3) is 21.7. The average molecular weight is 540 g/mol. The molecule has 3 atom stereocenters. The number of phosphoric ester groups is 1. The molecule has 11 nitrogen and oxygen atoms in total. The summed E-state index contributed by atoms with van der Waals surface area (Å²) in [5.41, 5.74) is 0. The number of hydrogen-bond donors (Lipinski definition) is 4. The van der Waals surface area contributed by atoms with Crippen molar-refractivity contribution < 1.29 is 47.8 Å². The topological polar surface area (TPSA) is 169 Å². The third-order valence-electron chi connectivity index (χ3n) is 5.45. The summed E-state index contributed by atoms with van der Waals surface area (Å²) in [6.45, 7) is 1.43. The number of rotatable bonds is 24. The van der Waals surface area contributed by atoms with E-state index in [1.807, 2.05) is 0 Å². The van der Waals surface area contributed by atoms with Gasteiger partial charge in [-0.1, -0.05) is 84.0 Å².